The Morgan fingerprint density at radius 3 is 2.83 bits per heavy atom. The van der Waals surface area contributed by atoms with Crippen molar-refractivity contribution in [2.45, 2.75) is 6.92 Å². The number of rotatable bonds is 3. The fraction of sp³-hybridized carbons (Fsp3) is 0.125. The molecule has 0 unspecified atom stereocenters. The Morgan fingerprint density at radius 1 is 1.75 bits per heavy atom. The van der Waals surface area contributed by atoms with Crippen molar-refractivity contribution in [2.24, 2.45) is 4.99 Å². The van der Waals surface area contributed by atoms with Gasteiger partial charge in [0.25, 0.3) is 0 Å². The van der Waals surface area contributed by atoms with Gasteiger partial charge in [-0.15, -0.1) is 11.3 Å². The highest BCUT2D eigenvalue weighted by molar-refractivity contribution is 7.14. The van der Waals surface area contributed by atoms with E-state index in [1.165, 1.54) is 18.3 Å². The van der Waals surface area contributed by atoms with Crippen LogP contribution in [0.1, 0.15) is 27.6 Å². The number of Topliss-reactive ketones (excluding diaryl/α,β-unsaturated/α-hetero) is 1. The summed E-state index contributed by atoms with van der Waals surface area (Å²) in [6.07, 6.45) is 0.636. The highest BCUT2D eigenvalue weighted by Gasteiger charge is 2.12. The van der Waals surface area contributed by atoms with Gasteiger partial charge in [-0.1, -0.05) is 0 Å². The summed E-state index contributed by atoms with van der Waals surface area (Å²) in [4.78, 5) is 25.1. The van der Waals surface area contributed by atoms with Crippen molar-refractivity contribution < 1.29 is 9.59 Å². The van der Waals surface area contributed by atoms with Gasteiger partial charge in [0.2, 0.25) is 0 Å². The van der Waals surface area contributed by atoms with Crippen LogP contribution >= 0.6 is 11.3 Å². The third kappa shape index (κ3) is 1.33. The van der Waals surface area contributed by atoms with Gasteiger partial charge in [-0.05, 0) is 13.6 Å². The van der Waals surface area contributed by atoms with Crippen LogP contribution in [0.25, 0.3) is 0 Å². The molecule has 62 valence electrons. The molecule has 0 aliphatic heterocycles. The zero-order valence-electron chi connectivity index (χ0n) is 6.53. The van der Waals surface area contributed by atoms with Crippen molar-refractivity contribution in [3.05, 3.63) is 16.5 Å². The molecule has 0 spiro atoms. The average molecular weight is 181 g/mol. The number of thiophene rings is 1. The van der Waals surface area contributed by atoms with Crippen molar-refractivity contribution in [2.75, 3.05) is 0 Å². The van der Waals surface area contributed by atoms with Crippen molar-refractivity contribution in [3.8, 4) is 0 Å². The molecular formula is C8H7NO2S. The Morgan fingerprint density at radius 2 is 2.42 bits per heavy atom. The van der Waals surface area contributed by atoms with E-state index >= 15 is 0 Å². The van der Waals surface area contributed by atoms with Crippen molar-refractivity contribution >= 4 is 35.1 Å². The van der Waals surface area contributed by atoms with E-state index < -0.39 is 0 Å². The van der Waals surface area contributed by atoms with E-state index in [2.05, 4.69) is 11.7 Å². The fourth-order valence-corrected chi connectivity index (χ4v) is 1.75. The Labute approximate surface area is 73.7 Å². The summed E-state index contributed by atoms with van der Waals surface area (Å²) in [6.45, 7) is 4.72. The minimum atomic E-state index is -0.122. The molecular weight excluding hydrogens is 174 g/mol. The first-order valence-corrected chi connectivity index (χ1v) is 4.13. The third-order valence-electron chi connectivity index (χ3n) is 1.45. The van der Waals surface area contributed by atoms with Crippen LogP contribution in [0.2, 0.25) is 0 Å². The van der Waals surface area contributed by atoms with Crippen molar-refractivity contribution in [3.63, 3.8) is 0 Å². The van der Waals surface area contributed by atoms with Gasteiger partial charge < -0.3 is 0 Å². The summed E-state index contributed by atoms with van der Waals surface area (Å²) in [7, 11) is 0. The summed E-state index contributed by atoms with van der Waals surface area (Å²) >= 11 is 1.25. The lowest BCUT2D eigenvalue weighted by molar-refractivity contribution is 0.101. The van der Waals surface area contributed by atoms with E-state index in [0.717, 1.165) is 0 Å². The number of carbonyl (C=O) groups is 2. The first-order valence-electron chi connectivity index (χ1n) is 3.25. The van der Waals surface area contributed by atoms with Crippen LogP contribution in [0, 0.1) is 0 Å². The van der Waals surface area contributed by atoms with Gasteiger partial charge in [-0.2, -0.15) is 0 Å². The second-order valence-electron chi connectivity index (χ2n) is 2.20. The predicted octanol–water partition coefficient (Wildman–Crippen LogP) is 2.10. The van der Waals surface area contributed by atoms with E-state index in [-0.39, 0.29) is 5.78 Å². The smallest absolute Gasteiger partial charge is 0.161 e. The largest absolute Gasteiger partial charge is 0.298 e. The number of aldehydes is 1. The number of carbonyl (C=O) groups excluding carboxylic acids is 2. The zero-order chi connectivity index (χ0) is 9.14. The Kier molecular flexibility index (Phi) is 2.50. The molecule has 1 aromatic heterocycles. The normalized spacial score (nSPS) is 9.42. The molecule has 0 aliphatic rings. The monoisotopic (exact) mass is 181 g/mol. The summed E-state index contributed by atoms with van der Waals surface area (Å²) in [5.41, 5.74) is 0.778. The van der Waals surface area contributed by atoms with Crippen LogP contribution in [-0.4, -0.2) is 18.8 Å². The van der Waals surface area contributed by atoms with Gasteiger partial charge in [0.15, 0.2) is 12.1 Å². The van der Waals surface area contributed by atoms with Gasteiger partial charge >= 0.3 is 0 Å². The lowest BCUT2D eigenvalue weighted by Gasteiger charge is -1.90. The summed E-state index contributed by atoms with van der Waals surface area (Å²) in [5, 5.41) is 2.13. The fourth-order valence-electron chi connectivity index (χ4n) is 0.866. The first-order chi connectivity index (χ1) is 5.70. The second-order valence-corrected chi connectivity index (χ2v) is 3.06. The minimum absolute atomic E-state index is 0.122. The maximum Gasteiger partial charge on any atom is 0.161 e. The van der Waals surface area contributed by atoms with Crippen LogP contribution in [0.3, 0.4) is 0 Å². The minimum Gasteiger partial charge on any atom is -0.298 e. The lowest BCUT2D eigenvalue weighted by Crippen LogP contribution is -1.93. The summed E-state index contributed by atoms with van der Waals surface area (Å²) in [5.74, 6) is -0.122. The zero-order valence-corrected chi connectivity index (χ0v) is 7.35. The summed E-state index contributed by atoms with van der Waals surface area (Å²) < 4.78 is 0. The average Bonchev–Trinajstić information content (AvgIpc) is 2.46. The molecule has 1 heterocycles. The molecule has 1 rings (SSSR count). The molecule has 0 fully saturated rings. The maximum absolute atomic E-state index is 10.9. The predicted molar refractivity (Wildman–Crippen MR) is 48.9 cm³/mol. The molecule has 0 aliphatic carbocycles. The summed E-state index contributed by atoms with van der Waals surface area (Å²) in [6, 6.07) is 0. The molecule has 0 aromatic carbocycles. The molecule has 4 heteroatoms. The van der Waals surface area contributed by atoms with E-state index in [1.54, 1.807) is 5.38 Å². The Bertz CT molecular complexity index is 341. The molecule has 0 radical (unpaired) electrons. The van der Waals surface area contributed by atoms with Crippen LogP contribution < -0.4 is 0 Å². The van der Waals surface area contributed by atoms with Crippen LogP contribution in [0.15, 0.2) is 10.4 Å². The van der Waals surface area contributed by atoms with Gasteiger partial charge in [0.05, 0.1) is 5.56 Å². The molecule has 0 bridgehead atoms. The van der Waals surface area contributed by atoms with Crippen LogP contribution in [0.5, 0.6) is 0 Å². The third-order valence-corrected chi connectivity index (χ3v) is 2.38. The SMILES string of the molecule is C=Nc1scc(C(C)=O)c1C=O. The highest BCUT2D eigenvalue weighted by atomic mass is 32.1. The lowest BCUT2D eigenvalue weighted by atomic mass is 10.1. The molecule has 0 saturated heterocycles. The number of hydrogen-bond donors (Lipinski definition) is 0. The number of ketones is 1. The topological polar surface area (TPSA) is 46.5 Å². The standard InChI is InChI=1S/C8H7NO2S/c1-5(11)7-4-12-8(9-2)6(7)3-10/h3-4H,2H2,1H3. The molecule has 12 heavy (non-hydrogen) atoms. The van der Waals surface area contributed by atoms with E-state index in [9.17, 15) is 9.59 Å². The molecule has 0 N–H and O–H groups in total. The number of aliphatic imine (C=N–C) groups is 1. The first kappa shape index (κ1) is 8.80. The second kappa shape index (κ2) is 3.40. The Hall–Kier alpha value is -1.29. The van der Waals surface area contributed by atoms with Gasteiger partial charge in [-0.25, -0.2) is 0 Å². The molecule has 3 nitrogen and oxygen atoms in total. The molecule has 1 aromatic rings. The van der Waals surface area contributed by atoms with Crippen molar-refractivity contribution in [1.82, 2.24) is 0 Å². The van der Waals surface area contributed by atoms with Gasteiger partial charge in [-0.3, -0.25) is 14.6 Å². The van der Waals surface area contributed by atoms with Crippen molar-refractivity contribution in [1.29, 1.82) is 0 Å². The number of nitrogens with zero attached hydrogens (tertiary/aromatic N) is 1. The van der Waals surface area contributed by atoms with Gasteiger partial charge in [0, 0.05) is 10.9 Å². The Balaban J connectivity index is 3.31. The highest BCUT2D eigenvalue weighted by Crippen LogP contribution is 2.29. The van der Waals surface area contributed by atoms with Crippen LogP contribution in [0.4, 0.5) is 5.00 Å². The van der Waals surface area contributed by atoms with Gasteiger partial charge in [0.1, 0.15) is 5.00 Å². The van der Waals surface area contributed by atoms with E-state index in [0.29, 0.717) is 22.4 Å². The quantitative estimate of drug-likeness (QED) is 0.407. The molecule has 0 amide bonds. The number of hydrogen-bond acceptors (Lipinski definition) is 4. The van der Waals surface area contributed by atoms with Crippen LogP contribution in [-0.2, 0) is 0 Å². The van der Waals surface area contributed by atoms with E-state index in [1.807, 2.05) is 0 Å². The molecule has 0 atom stereocenters. The molecule has 0 saturated carbocycles. The van der Waals surface area contributed by atoms with E-state index in [4.69, 9.17) is 0 Å². The maximum atomic E-state index is 10.9.